The van der Waals surface area contributed by atoms with Crippen molar-refractivity contribution in [1.82, 2.24) is 4.90 Å². The molecule has 2 fully saturated rings. The fraction of sp³-hybridized carbons (Fsp3) is 0.588. The molecule has 5 nitrogen and oxygen atoms in total. The normalized spacial score (nSPS) is 22.7. The van der Waals surface area contributed by atoms with Gasteiger partial charge in [-0.2, -0.15) is 0 Å². The number of ether oxygens (including phenoxy) is 2. The summed E-state index contributed by atoms with van der Waals surface area (Å²) in [5.74, 6) is 0.189. The first-order chi connectivity index (χ1) is 10.7. The van der Waals surface area contributed by atoms with Gasteiger partial charge in [0, 0.05) is 31.9 Å². The summed E-state index contributed by atoms with van der Waals surface area (Å²) in [4.78, 5) is 16.6. The van der Waals surface area contributed by atoms with Crippen molar-refractivity contribution < 1.29 is 14.3 Å². The number of carbonyl (C=O) groups excluding carboxylic acids is 1. The van der Waals surface area contributed by atoms with E-state index in [9.17, 15) is 4.79 Å². The monoisotopic (exact) mass is 304 g/mol. The van der Waals surface area contributed by atoms with Crippen molar-refractivity contribution in [2.45, 2.75) is 19.4 Å². The molecule has 22 heavy (non-hydrogen) atoms. The van der Waals surface area contributed by atoms with E-state index in [0.29, 0.717) is 26.1 Å². The van der Waals surface area contributed by atoms with Gasteiger partial charge >= 0.3 is 0 Å². The van der Waals surface area contributed by atoms with Crippen molar-refractivity contribution in [3.05, 3.63) is 29.8 Å². The van der Waals surface area contributed by atoms with Crippen LogP contribution in [0.3, 0.4) is 0 Å². The molecule has 1 aromatic carbocycles. The molecule has 1 aromatic rings. The van der Waals surface area contributed by atoms with E-state index in [1.807, 2.05) is 11.8 Å². The number of rotatable bonds is 3. The summed E-state index contributed by atoms with van der Waals surface area (Å²) in [6.45, 7) is 7.50. The fourth-order valence-corrected chi connectivity index (χ4v) is 2.98. The highest BCUT2D eigenvalue weighted by molar-refractivity contribution is 5.79. The van der Waals surface area contributed by atoms with Gasteiger partial charge in [-0.25, -0.2) is 0 Å². The summed E-state index contributed by atoms with van der Waals surface area (Å²) in [6.07, 6.45) is 0.609. The van der Waals surface area contributed by atoms with E-state index in [-0.39, 0.29) is 12.0 Å². The molecule has 0 saturated carbocycles. The molecule has 0 N–H and O–H groups in total. The van der Waals surface area contributed by atoms with Gasteiger partial charge in [-0.3, -0.25) is 4.79 Å². The quantitative estimate of drug-likeness (QED) is 0.844. The molecule has 0 aromatic heterocycles. The fourth-order valence-electron chi connectivity index (χ4n) is 2.98. The van der Waals surface area contributed by atoms with E-state index in [4.69, 9.17) is 9.47 Å². The molecule has 1 amide bonds. The van der Waals surface area contributed by atoms with Gasteiger partial charge in [0.25, 0.3) is 0 Å². The van der Waals surface area contributed by atoms with Crippen LogP contribution in [-0.2, 0) is 20.7 Å². The van der Waals surface area contributed by atoms with Crippen LogP contribution in [0.1, 0.15) is 12.5 Å². The predicted molar refractivity (Wildman–Crippen MR) is 85.2 cm³/mol. The van der Waals surface area contributed by atoms with Gasteiger partial charge in [0.2, 0.25) is 5.91 Å². The smallest absolute Gasteiger partial charge is 0.227 e. The molecule has 0 bridgehead atoms. The zero-order valence-electron chi connectivity index (χ0n) is 13.2. The lowest BCUT2D eigenvalue weighted by atomic mass is 10.1. The van der Waals surface area contributed by atoms with Crippen molar-refractivity contribution in [2.75, 3.05) is 50.9 Å². The average molecular weight is 304 g/mol. The van der Waals surface area contributed by atoms with Crippen LogP contribution >= 0.6 is 0 Å². The molecule has 0 radical (unpaired) electrons. The maximum absolute atomic E-state index is 12.3. The SMILES string of the molecule is CC1CN(C(=O)Cc2ccc(N3CCOCC3)cc2)CCO1. The molecular weight excluding hydrogens is 280 g/mol. The second-order valence-electron chi connectivity index (χ2n) is 5.96. The molecule has 3 rings (SSSR count). The Labute approximate surface area is 131 Å². The third-order valence-corrected chi connectivity index (χ3v) is 4.26. The predicted octanol–water partition coefficient (Wildman–Crippen LogP) is 1.31. The number of anilines is 1. The van der Waals surface area contributed by atoms with Crippen molar-refractivity contribution >= 4 is 11.6 Å². The number of morpholine rings is 2. The topological polar surface area (TPSA) is 42.0 Å². The standard InChI is InChI=1S/C17H24N2O3/c1-14-13-19(8-11-22-14)17(20)12-15-2-4-16(5-3-15)18-6-9-21-10-7-18/h2-5,14H,6-13H2,1H3. The summed E-state index contributed by atoms with van der Waals surface area (Å²) in [5.41, 5.74) is 2.28. The molecule has 1 unspecified atom stereocenters. The molecule has 2 aliphatic rings. The van der Waals surface area contributed by atoms with Crippen LogP contribution < -0.4 is 4.90 Å². The first-order valence-corrected chi connectivity index (χ1v) is 8.03. The minimum absolute atomic E-state index is 0.140. The average Bonchev–Trinajstić information content (AvgIpc) is 2.56. The Balaban J connectivity index is 1.57. The maximum Gasteiger partial charge on any atom is 0.227 e. The lowest BCUT2D eigenvalue weighted by Gasteiger charge is -2.31. The molecule has 1 atom stereocenters. The highest BCUT2D eigenvalue weighted by Crippen LogP contribution is 2.17. The second-order valence-corrected chi connectivity index (χ2v) is 5.96. The summed E-state index contributed by atoms with van der Waals surface area (Å²) in [6, 6.07) is 8.34. The summed E-state index contributed by atoms with van der Waals surface area (Å²) >= 11 is 0. The zero-order chi connectivity index (χ0) is 15.4. The van der Waals surface area contributed by atoms with Crippen molar-refractivity contribution in [2.24, 2.45) is 0 Å². The van der Waals surface area contributed by atoms with Crippen LogP contribution in [0.2, 0.25) is 0 Å². The molecule has 5 heteroatoms. The van der Waals surface area contributed by atoms with E-state index in [0.717, 1.165) is 31.9 Å². The van der Waals surface area contributed by atoms with Gasteiger partial charge in [0.15, 0.2) is 0 Å². The van der Waals surface area contributed by atoms with Gasteiger partial charge in [0.1, 0.15) is 0 Å². The highest BCUT2D eigenvalue weighted by atomic mass is 16.5. The highest BCUT2D eigenvalue weighted by Gasteiger charge is 2.21. The minimum atomic E-state index is 0.140. The van der Waals surface area contributed by atoms with Crippen molar-refractivity contribution in [1.29, 1.82) is 0 Å². The number of hydrogen-bond donors (Lipinski definition) is 0. The van der Waals surface area contributed by atoms with E-state index < -0.39 is 0 Å². The summed E-state index contributed by atoms with van der Waals surface area (Å²) in [5, 5.41) is 0. The second kappa shape index (κ2) is 7.11. The van der Waals surface area contributed by atoms with E-state index in [2.05, 4.69) is 29.2 Å². The Morgan fingerprint density at radius 2 is 1.86 bits per heavy atom. The van der Waals surface area contributed by atoms with Crippen LogP contribution in [-0.4, -0.2) is 62.9 Å². The molecule has 0 spiro atoms. The molecule has 2 heterocycles. The number of amides is 1. The summed E-state index contributed by atoms with van der Waals surface area (Å²) in [7, 11) is 0. The largest absolute Gasteiger partial charge is 0.378 e. The minimum Gasteiger partial charge on any atom is -0.378 e. The molecule has 120 valence electrons. The zero-order valence-corrected chi connectivity index (χ0v) is 13.2. The van der Waals surface area contributed by atoms with Crippen LogP contribution in [0.25, 0.3) is 0 Å². The third kappa shape index (κ3) is 3.78. The Morgan fingerprint density at radius 3 is 2.55 bits per heavy atom. The van der Waals surface area contributed by atoms with Gasteiger partial charge in [-0.1, -0.05) is 12.1 Å². The van der Waals surface area contributed by atoms with Gasteiger partial charge in [-0.05, 0) is 24.6 Å². The number of benzene rings is 1. The first-order valence-electron chi connectivity index (χ1n) is 8.03. The molecule has 0 aliphatic carbocycles. The van der Waals surface area contributed by atoms with E-state index in [1.54, 1.807) is 0 Å². The lowest BCUT2D eigenvalue weighted by Crippen LogP contribution is -2.45. The molecule has 2 aliphatic heterocycles. The Kier molecular flexibility index (Phi) is 4.95. The molecule has 2 saturated heterocycles. The van der Waals surface area contributed by atoms with Crippen molar-refractivity contribution in [3.63, 3.8) is 0 Å². The van der Waals surface area contributed by atoms with Crippen LogP contribution in [0, 0.1) is 0 Å². The number of carbonyl (C=O) groups is 1. The maximum atomic E-state index is 12.3. The third-order valence-electron chi connectivity index (χ3n) is 4.26. The van der Waals surface area contributed by atoms with Gasteiger partial charge < -0.3 is 19.3 Å². The van der Waals surface area contributed by atoms with Crippen LogP contribution in [0.15, 0.2) is 24.3 Å². The number of hydrogen-bond acceptors (Lipinski definition) is 4. The number of nitrogens with zero attached hydrogens (tertiary/aromatic N) is 2. The Bertz CT molecular complexity index is 497. The Hall–Kier alpha value is -1.59. The van der Waals surface area contributed by atoms with Crippen LogP contribution in [0.4, 0.5) is 5.69 Å². The lowest BCUT2D eigenvalue weighted by molar-refractivity contribution is -0.137. The van der Waals surface area contributed by atoms with E-state index >= 15 is 0 Å². The van der Waals surface area contributed by atoms with Crippen molar-refractivity contribution in [3.8, 4) is 0 Å². The first kappa shape index (κ1) is 15.3. The Morgan fingerprint density at radius 1 is 1.14 bits per heavy atom. The van der Waals surface area contributed by atoms with E-state index in [1.165, 1.54) is 5.69 Å². The molecular formula is C17H24N2O3. The van der Waals surface area contributed by atoms with Crippen LogP contribution in [0.5, 0.6) is 0 Å². The van der Waals surface area contributed by atoms with Gasteiger partial charge in [0.05, 0.1) is 32.3 Å². The summed E-state index contributed by atoms with van der Waals surface area (Å²) < 4.78 is 10.9. The van der Waals surface area contributed by atoms with Gasteiger partial charge in [-0.15, -0.1) is 0 Å².